The Bertz CT molecular complexity index is 426. The molecule has 2 heteroatoms. The normalized spacial score (nSPS) is 25.8. The van der Waals surface area contributed by atoms with E-state index in [-0.39, 0.29) is 6.04 Å². The number of benzene rings is 1. The molecule has 118 valence electrons. The highest BCUT2D eigenvalue weighted by molar-refractivity contribution is 5.25. The molecule has 0 heterocycles. The van der Waals surface area contributed by atoms with Gasteiger partial charge in [0.15, 0.2) is 0 Å². The molecule has 0 aromatic heterocycles. The van der Waals surface area contributed by atoms with Gasteiger partial charge in [-0.05, 0) is 50.3 Å². The van der Waals surface area contributed by atoms with Crippen LogP contribution in [0, 0.1) is 5.92 Å². The lowest BCUT2D eigenvalue weighted by atomic mass is 9.85. The van der Waals surface area contributed by atoms with Crippen LogP contribution >= 0.6 is 0 Å². The molecule has 0 aliphatic heterocycles. The van der Waals surface area contributed by atoms with Crippen molar-refractivity contribution in [3.8, 4) is 0 Å². The fourth-order valence-corrected chi connectivity index (χ4v) is 3.61. The van der Waals surface area contributed by atoms with E-state index in [0.29, 0.717) is 12.1 Å². The Morgan fingerprint density at radius 3 is 2.48 bits per heavy atom. The van der Waals surface area contributed by atoms with Gasteiger partial charge in [-0.2, -0.15) is 0 Å². The van der Waals surface area contributed by atoms with Crippen molar-refractivity contribution < 1.29 is 0 Å². The fourth-order valence-electron chi connectivity index (χ4n) is 3.61. The summed E-state index contributed by atoms with van der Waals surface area (Å²) in [5.74, 6) is 0.860. The standard InChI is InChI=1S/C19H32N2/c1-5-16-9-11-17(12-10-16)19(20)15(3)21(4)18-8-6-7-14(2)13-18/h9-12,14-15,18-19H,5-8,13,20H2,1-4H3. The van der Waals surface area contributed by atoms with E-state index in [4.69, 9.17) is 5.73 Å². The first-order valence-electron chi connectivity index (χ1n) is 8.59. The number of nitrogens with two attached hydrogens (primary N) is 1. The van der Waals surface area contributed by atoms with E-state index in [1.54, 1.807) is 0 Å². The third kappa shape index (κ3) is 4.08. The lowest BCUT2D eigenvalue weighted by Crippen LogP contribution is -2.45. The Hall–Kier alpha value is -0.860. The molecule has 0 bridgehead atoms. The molecular formula is C19H32N2. The number of hydrogen-bond donors (Lipinski definition) is 1. The summed E-state index contributed by atoms with van der Waals surface area (Å²) in [5.41, 5.74) is 9.17. The van der Waals surface area contributed by atoms with Crippen LogP contribution in [0.2, 0.25) is 0 Å². The first-order valence-corrected chi connectivity index (χ1v) is 8.59. The van der Waals surface area contributed by atoms with E-state index in [1.165, 1.54) is 36.8 Å². The summed E-state index contributed by atoms with van der Waals surface area (Å²) < 4.78 is 0. The van der Waals surface area contributed by atoms with Crippen molar-refractivity contribution in [2.24, 2.45) is 11.7 Å². The van der Waals surface area contributed by atoms with E-state index in [1.807, 2.05) is 0 Å². The molecule has 2 nitrogen and oxygen atoms in total. The van der Waals surface area contributed by atoms with Crippen molar-refractivity contribution in [1.29, 1.82) is 0 Å². The molecule has 2 N–H and O–H groups in total. The van der Waals surface area contributed by atoms with E-state index in [0.717, 1.165) is 12.3 Å². The zero-order valence-corrected chi connectivity index (χ0v) is 14.2. The third-order valence-corrected chi connectivity index (χ3v) is 5.42. The third-order valence-electron chi connectivity index (χ3n) is 5.42. The first-order chi connectivity index (χ1) is 10.0. The van der Waals surface area contributed by atoms with Crippen LogP contribution in [0.3, 0.4) is 0 Å². The monoisotopic (exact) mass is 288 g/mol. The second-order valence-corrected chi connectivity index (χ2v) is 6.95. The molecule has 1 fully saturated rings. The van der Waals surface area contributed by atoms with Crippen LogP contribution in [-0.2, 0) is 6.42 Å². The number of nitrogens with zero attached hydrogens (tertiary/aromatic N) is 1. The quantitative estimate of drug-likeness (QED) is 0.882. The average molecular weight is 288 g/mol. The van der Waals surface area contributed by atoms with Crippen molar-refractivity contribution in [1.82, 2.24) is 4.90 Å². The number of aryl methyl sites for hydroxylation is 1. The van der Waals surface area contributed by atoms with Gasteiger partial charge in [-0.15, -0.1) is 0 Å². The zero-order valence-electron chi connectivity index (χ0n) is 14.2. The second kappa shape index (κ2) is 7.42. The van der Waals surface area contributed by atoms with E-state index >= 15 is 0 Å². The topological polar surface area (TPSA) is 29.3 Å². The van der Waals surface area contributed by atoms with E-state index < -0.39 is 0 Å². The molecule has 1 aromatic carbocycles. The molecule has 1 saturated carbocycles. The lowest BCUT2D eigenvalue weighted by Gasteiger charge is -2.40. The van der Waals surface area contributed by atoms with Gasteiger partial charge in [-0.3, -0.25) is 4.90 Å². The SMILES string of the molecule is CCc1ccc(C(N)C(C)N(C)C2CCCC(C)C2)cc1. The van der Waals surface area contributed by atoms with Gasteiger partial charge in [0.25, 0.3) is 0 Å². The number of rotatable bonds is 5. The van der Waals surface area contributed by atoms with Gasteiger partial charge in [-0.25, -0.2) is 0 Å². The minimum absolute atomic E-state index is 0.0955. The van der Waals surface area contributed by atoms with Crippen LogP contribution in [0.1, 0.15) is 63.6 Å². The van der Waals surface area contributed by atoms with Crippen LogP contribution in [-0.4, -0.2) is 24.0 Å². The minimum Gasteiger partial charge on any atom is -0.323 e. The van der Waals surface area contributed by atoms with Crippen LogP contribution in [0.25, 0.3) is 0 Å². The summed E-state index contributed by atoms with van der Waals surface area (Å²) in [6, 6.07) is 10.0. The van der Waals surface area contributed by atoms with Crippen molar-refractivity contribution in [3.05, 3.63) is 35.4 Å². The van der Waals surface area contributed by atoms with Crippen LogP contribution in [0.5, 0.6) is 0 Å². The van der Waals surface area contributed by atoms with Gasteiger partial charge in [0.1, 0.15) is 0 Å². The second-order valence-electron chi connectivity index (χ2n) is 6.95. The van der Waals surface area contributed by atoms with Crippen molar-refractivity contribution in [2.45, 2.75) is 71.0 Å². The maximum atomic E-state index is 6.53. The maximum absolute atomic E-state index is 6.53. The molecule has 2 rings (SSSR count). The molecule has 1 aliphatic rings. The summed E-state index contributed by atoms with van der Waals surface area (Å²) in [6.07, 6.45) is 6.49. The average Bonchev–Trinajstić information content (AvgIpc) is 2.53. The number of hydrogen-bond acceptors (Lipinski definition) is 2. The highest BCUT2D eigenvalue weighted by atomic mass is 15.2. The Morgan fingerprint density at radius 2 is 1.90 bits per heavy atom. The Kier molecular flexibility index (Phi) is 5.83. The zero-order chi connectivity index (χ0) is 15.4. The van der Waals surface area contributed by atoms with Crippen molar-refractivity contribution in [2.75, 3.05) is 7.05 Å². The summed E-state index contributed by atoms with van der Waals surface area (Å²) in [6.45, 7) is 6.85. The number of likely N-dealkylation sites (N-methyl/N-ethyl adjacent to an activating group) is 1. The molecule has 4 atom stereocenters. The predicted octanol–water partition coefficient (Wildman–Crippen LogP) is 4.15. The molecule has 0 saturated heterocycles. The minimum atomic E-state index is 0.0955. The molecule has 1 aromatic rings. The molecule has 0 amide bonds. The smallest absolute Gasteiger partial charge is 0.0450 e. The van der Waals surface area contributed by atoms with Gasteiger partial charge >= 0.3 is 0 Å². The summed E-state index contributed by atoms with van der Waals surface area (Å²) in [5, 5.41) is 0. The highest BCUT2D eigenvalue weighted by Crippen LogP contribution is 2.29. The lowest BCUT2D eigenvalue weighted by molar-refractivity contribution is 0.112. The predicted molar refractivity (Wildman–Crippen MR) is 91.4 cm³/mol. The van der Waals surface area contributed by atoms with Gasteiger partial charge in [0.2, 0.25) is 0 Å². The fraction of sp³-hybridized carbons (Fsp3) is 0.684. The van der Waals surface area contributed by atoms with Crippen molar-refractivity contribution >= 4 is 0 Å². The Balaban J connectivity index is 2.01. The molecule has 1 aliphatic carbocycles. The van der Waals surface area contributed by atoms with E-state index in [9.17, 15) is 0 Å². The largest absolute Gasteiger partial charge is 0.323 e. The van der Waals surface area contributed by atoms with Crippen LogP contribution in [0.4, 0.5) is 0 Å². The van der Waals surface area contributed by atoms with Crippen molar-refractivity contribution in [3.63, 3.8) is 0 Å². The molecule has 21 heavy (non-hydrogen) atoms. The van der Waals surface area contributed by atoms with Gasteiger partial charge in [0, 0.05) is 18.1 Å². The first kappa shape index (κ1) is 16.5. The molecular weight excluding hydrogens is 256 g/mol. The van der Waals surface area contributed by atoms with Crippen LogP contribution < -0.4 is 5.73 Å². The summed E-state index contributed by atoms with van der Waals surface area (Å²) >= 11 is 0. The van der Waals surface area contributed by atoms with Gasteiger partial charge in [0.05, 0.1) is 0 Å². The molecule has 0 radical (unpaired) electrons. The highest BCUT2D eigenvalue weighted by Gasteiger charge is 2.28. The Labute approximate surface area is 130 Å². The van der Waals surface area contributed by atoms with Gasteiger partial charge < -0.3 is 5.73 Å². The summed E-state index contributed by atoms with van der Waals surface area (Å²) in [7, 11) is 2.26. The summed E-state index contributed by atoms with van der Waals surface area (Å²) in [4.78, 5) is 2.52. The molecule has 4 unspecified atom stereocenters. The Morgan fingerprint density at radius 1 is 1.24 bits per heavy atom. The van der Waals surface area contributed by atoms with Gasteiger partial charge in [-0.1, -0.05) is 51.0 Å². The molecule has 0 spiro atoms. The van der Waals surface area contributed by atoms with Crippen LogP contribution in [0.15, 0.2) is 24.3 Å². The van der Waals surface area contributed by atoms with E-state index in [2.05, 4.69) is 57.0 Å². The maximum Gasteiger partial charge on any atom is 0.0450 e.